The van der Waals surface area contributed by atoms with Crippen molar-refractivity contribution >= 4 is 30.6 Å². The van der Waals surface area contributed by atoms with E-state index in [1.54, 1.807) is 0 Å². The summed E-state index contributed by atoms with van der Waals surface area (Å²) in [6.45, 7) is 0.827. The van der Waals surface area contributed by atoms with Gasteiger partial charge in [0, 0.05) is 25.9 Å². The Labute approximate surface area is 115 Å². The summed E-state index contributed by atoms with van der Waals surface area (Å²) >= 11 is 3.63. The fraction of sp³-hybridized carbons (Fsp3) is 0.667. The zero-order valence-electron chi connectivity index (χ0n) is 10.1. The molecule has 2 saturated heterocycles. The fourth-order valence-corrected chi connectivity index (χ4v) is 2.35. The third-order valence-corrected chi connectivity index (χ3v) is 3.23. The second-order valence-electron chi connectivity index (χ2n) is 4.18. The minimum Gasteiger partial charge on any atom is -0.394 e. The van der Waals surface area contributed by atoms with Gasteiger partial charge in [0.15, 0.2) is 0 Å². The number of piperidine rings is 1. The van der Waals surface area contributed by atoms with Crippen molar-refractivity contribution in [3.05, 3.63) is 0 Å². The number of thiol groups is 1. The van der Waals surface area contributed by atoms with E-state index >= 15 is 0 Å². The van der Waals surface area contributed by atoms with Gasteiger partial charge < -0.3 is 21.2 Å². The molecule has 2 rings (SSSR count). The second kappa shape index (κ2) is 5.63. The van der Waals surface area contributed by atoms with Crippen LogP contribution in [0.2, 0.25) is 0 Å². The fourth-order valence-electron chi connectivity index (χ4n) is 2.17. The molecule has 19 heavy (non-hydrogen) atoms. The number of amides is 3. The highest BCUT2D eigenvalue weighted by Gasteiger charge is 2.51. The summed E-state index contributed by atoms with van der Waals surface area (Å²) in [6.07, 6.45) is 0.212. The van der Waals surface area contributed by atoms with E-state index in [1.807, 2.05) is 0 Å². The third kappa shape index (κ3) is 2.46. The molecule has 0 spiro atoms. The number of rotatable bonds is 5. The second-order valence-corrected chi connectivity index (χ2v) is 4.35. The normalized spacial score (nSPS) is 28.1. The van der Waals surface area contributed by atoms with E-state index in [1.165, 1.54) is 4.90 Å². The number of urea groups is 1. The van der Waals surface area contributed by atoms with Gasteiger partial charge in [0.05, 0.1) is 12.3 Å². The van der Waals surface area contributed by atoms with Crippen molar-refractivity contribution < 1.29 is 18.7 Å². The molecule has 0 aromatic carbocycles. The number of nitrogens with two attached hydrogens (primary N) is 2. The van der Waals surface area contributed by atoms with Crippen molar-refractivity contribution in [2.45, 2.75) is 18.5 Å². The highest BCUT2D eigenvalue weighted by Crippen LogP contribution is 2.29. The van der Waals surface area contributed by atoms with Crippen LogP contribution in [0.15, 0.2) is 5.16 Å². The van der Waals surface area contributed by atoms with Gasteiger partial charge in [-0.15, -0.1) is 0 Å². The molecule has 0 saturated carbocycles. The van der Waals surface area contributed by atoms with Gasteiger partial charge in [-0.3, -0.25) is 4.79 Å². The molecule has 2 fully saturated rings. The number of fused-ring (bicyclic) bond motifs is 2. The van der Waals surface area contributed by atoms with Crippen molar-refractivity contribution in [1.82, 2.24) is 9.96 Å². The predicted octanol–water partition coefficient (Wildman–Crippen LogP) is -1.54. The standard InChI is InChI=1S/C9H15N5O4S/c10-1-2-17-12-5-3-6(8(11)15)13-4-7(5)14(18-19)9(13)16/h6-7,19H,1-4,10H2,(H2,11,15)/b12-5-. The molecular formula is C9H15N5O4S. The summed E-state index contributed by atoms with van der Waals surface area (Å²) in [4.78, 5) is 29.7. The van der Waals surface area contributed by atoms with E-state index in [4.69, 9.17) is 20.6 Å². The van der Waals surface area contributed by atoms with Crippen LogP contribution in [0.1, 0.15) is 6.42 Å². The molecule has 10 heteroatoms. The molecule has 2 heterocycles. The van der Waals surface area contributed by atoms with Gasteiger partial charge in [0.2, 0.25) is 5.91 Å². The Bertz CT molecular complexity index is 417. The highest BCUT2D eigenvalue weighted by atomic mass is 32.1. The average molecular weight is 289 g/mol. The molecule has 3 amide bonds. The maximum atomic E-state index is 12.0. The third-order valence-electron chi connectivity index (χ3n) is 3.06. The monoisotopic (exact) mass is 289 g/mol. The van der Waals surface area contributed by atoms with Gasteiger partial charge >= 0.3 is 6.03 Å². The van der Waals surface area contributed by atoms with E-state index in [2.05, 4.69) is 18.1 Å². The van der Waals surface area contributed by atoms with Crippen LogP contribution in [0.3, 0.4) is 0 Å². The first-order chi connectivity index (χ1) is 9.10. The van der Waals surface area contributed by atoms with Crippen LogP contribution in [0, 0.1) is 0 Å². The van der Waals surface area contributed by atoms with E-state index in [9.17, 15) is 9.59 Å². The molecule has 0 aliphatic carbocycles. The average Bonchev–Trinajstić information content (AvgIpc) is 2.66. The molecule has 2 aliphatic heterocycles. The summed E-state index contributed by atoms with van der Waals surface area (Å²) < 4.78 is 4.73. The van der Waals surface area contributed by atoms with Crippen LogP contribution in [0.5, 0.6) is 0 Å². The molecule has 4 N–H and O–H groups in total. The van der Waals surface area contributed by atoms with Crippen molar-refractivity contribution in [3.63, 3.8) is 0 Å². The molecule has 0 aromatic rings. The first-order valence-electron chi connectivity index (χ1n) is 5.69. The number of nitrogens with zero attached hydrogens (tertiary/aromatic N) is 3. The number of carbonyl (C=O) groups is 2. The molecule has 106 valence electrons. The number of hydrogen-bond donors (Lipinski definition) is 3. The molecule has 0 aromatic heterocycles. The summed E-state index contributed by atoms with van der Waals surface area (Å²) in [6, 6.07) is -1.65. The predicted molar refractivity (Wildman–Crippen MR) is 67.8 cm³/mol. The zero-order chi connectivity index (χ0) is 14.0. The number of carbonyl (C=O) groups excluding carboxylic acids is 2. The van der Waals surface area contributed by atoms with Gasteiger partial charge in [0.1, 0.15) is 18.7 Å². The van der Waals surface area contributed by atoms with Crippen LogP contribution in [-0.4, -0.2) is 59.4 Å². The zero-order valence-corrected chi connectivity index (χ0v) is 11.0. The Morgan fingerprint density at radius 2 is 2.32 bits per heavy atom. The minimum atomic E-state index is -0.752. The van der Waals surface area contributed by atoms with Crippen LogP contribution < -0.4 is 11.5 Å². The maximum absolute atomic E-state index is 12.0. The number of hydroxylamine groups is 2. The summed E-state index contributed by atoms with van der Waals surface area (Å²) in [5.41, 5.74) is 11.1. The summed E-state index contributed by atoms with van der Waals surface area (Å²) in [7, 11) is 0. The van der Waals surface area contributed by atoms with Gasteiger partial charge in [-0.1, -0.05) is 5.16 Å². The minimum absolute atomic E-state index is 0.212. The van der Waals surface area contributed by atoms with E-state index in [-0.39, 0.29) is 19.6 Å². The first-order valence-corrected chi connectivity index (χ1v) is 6.06. The van der Waals surface area contributed by atoms with Gasteiger partial charge in [-0.05, 0) is 0 Å². The molecule has 0 radical (unpaired) electrons. The van der Waals surface area contributed by atoms with Crippen LogP contribution in [-0.2, 0) is 13.9 Å². The van der Waals surface area contributed by atoms with Crippen LogP contribution in [0.4, 0.5) is 4.79 Å². The highest BCUT2D eigenvalue weighted by molar-refractivity contribution is 7.75. The molecule has 2 unspecified atom stereocenters. The lowest BCUT2D eigenvalue weighted by Crippen LogP contribution is -2.51. The van der Waals surface area contributed by atoms with Crippen LogP contribution in [0.25, 0.3) is 0 Å². The maximum Gasteiger partial charge on any atom is 0.346 e. The van der Waals surface area contributed by atoms with E-state index in [0.29, 0.717) is 12.3 Å². The summed E-state index contributed by atoms with van der Waals surface area (Å²) in [5.74, 6) is -0.598. The van der Waals surface area contributed by atoms with E-state index < -0.39 is 24.0 Å². The van der Waals surface area contributed by atoms with Gasteiger partial charge in [0.25, 0.3) is 0 Å². The Hall–Kier alpha value is -1.52. The lowest BCUT2D eigenvalue weighted by Gasteiger charge is -2.28. The lowest BCUT2D eigenvalue weighted by molar-refractivity contribution is -0.122. The summed E-state index contributed by atoms with van der Waals surface area (Å²) in [5, 5.41) is 4.95. The van der Waals surface area contributed by atoms with Crippen molar-refractivity contribution in [3.8, 4) is 0 Å². The SMILES string of the molecule is NCCO/N=C1/CC(C(N)=O)N2CC1N(OS)C2=O. The molecule has 2 aliphatic rings. The number of oxime groups is 1. The van der Waals surface area contributed by atoms with E-state index in [0.717, 1.165) is 5.06 Å². The number of primary amides is 1. The van der Waals surface area contributed by atoms with Crippen molar-refractivity contribution in [2.24, 2.45) is 16.6 Å². The number of hydrogen-bond acceptors (Lipinski definition) is 7. The van der Waals surface area contributed by atoms with Gasteiger partial charge in [-0.25, -0.2) is 9.08 Å². The molecule has 2 bridgehead atoms. The first kappa shape index (κ1) is 13.9. The quantitative estimate of drug-likeness (QED) is 0.245. The molecule has 2 atom stereocenters. The Morgan fingerprint density at radius 1 is 1.58 bits per heavy atom. The Balaban J connectivity index is 2.23. The Kier molecular flexibility index (Phi) is 4.12. The molecular weight excluding hydrogens is 274 g/mol. The topological polar surface area (TPSA) is 123 Å². The van der Waals surface area contributed by atoms with Gasteiger partial charge in [-0.2, -0.15) is 5.06 Å². The largest absolute Gasteiger partial charge is 0.394 e. The lowest BCUT2D eigenvalue weighted by atomic mass is 9.98. The van der Waals surface area contributed by atoms with Crippen molar-refractivity contribution in [2.75, 3.05) is 19.7 Å². The smallest absolute Gasteiger partial charge is 0.346 e. The van der Waals surface area contributed by atoms with Crippen LogP contribution >= 0.6 is 12.9 Å². The molecule has 9 nitrogen and oxygen atoms in total. The Morgan fingerprint density at radius 3 is 2.89 bits per heavy atom. The van der Waals surface area contributed by atoms with Crippen molar-refractivity contribution in [1.29, 1.82) is 0 Å².